The zero-order chi connectivity index (χ0) is 15.4. The average molecular weight is 292 g/mol. The van der Waals surface area contributed by atoms with Crippen molar-refractivity contribution < 1.29 is 4.79 Å². The summed E-state index contributed by atoms with van der Waals surface area (Å²) in [6, 6.07) is 2.36. The second-order valence-electron chi connectivity index (χ2n) is 6.20. The topological polar surface area (TPSA) is 64.2 Å². The number of likely N-dealkylation sites (tertiary alicyclic amines) is 1. The lowest BCUT2D eigenvalue weighted by Gasteiger charge is -2.31. The first-order chi connectivity index (χ1) is 10.0. The third-order valence-electron chi connectivity index (χ3n) is 4.47. The number of hydrogen-bond donors (Lipinski definition) is 1. The van der Waals surface area contributed by atoms with Gasteiger partial charge in [-0.15, -0.1) is 0 Å². The Morgan fingerprint density at radius 1 is 1.52 bits per heavy atom. The Balaban J connectivity index is 2.07. The van der Waals surface area contributed by atoms with Gasteiger partial charge in [0.15, 0.2) is 0 Å². The van der Waals surface area contributed by atoms with Crippen molar-refractivity contribution in [1.82, 2.24) is 14.7 Å². The molecule has 1 aliphatic heterocycles. The van der Waals surface area contributed by atoms with E-state index in [0.717, 1.165) is 50.9 Å². The predicted molar refractivity (Wildman–Crippen MR) is 83.9 cm³/mol. The van der Waals surface area contributed by atoms with Gasteiger partial charge in [-0.2, -0.15) is 5.10 Å². The number of nitrogens with two attached hydrogens (primary N) is 1. The monoisotopic (exact) mass is 292 g/mol. The maximum Gasteiger partial charge on any atom is 0.234 e. The van der Waals surface area contributed by atoms with Gasteiger partial charge in [0.25, 0.3) is 0 Å². The molecule has 2 atom stereocenters. The minimum atomic E-state index is -0.177. The summed E-state index contributed by atoms with van der Waals surface area (Å²) in [5, 5.41) is 4.55. The summed E-state index contributed by atoms with van der Waals surface area (Å²) in [5.74, 6) is -0.177. The Morgan fingerprint density at radius 2 is 2.29 bits per heavy atom. The van der Waals surface area contributed by atoms with Crippen LogP contribution in [0.5, 0.6) is 0 Å². The second-order valence-corrected chi connectivity index (χ2v) is 6.20. The second kappa shape index (κ2) is 7.07. The molecule has 0 bridgehead atoms. The lowest BCUT2D eigenvalue weighted by atomic mass is 10.1. The molecular weight excluding hydrogens is 264 g/mol. The molecule has 1 saturated heterocycles. The van der Waals surface area contributed by atoms with Crippen molar-refractivity contribution >= 4 is 5.91 Å². The van der Waals surface area contributed by atoms with E-state index in [9.17, 15) is 4.79 Å². The SMILES string of the molecule is CCCCC(C(N)=O)N1CCCC1Cn1nc(C)cc1C. The van der Waals surface area contributed by atoms with Crippen LogP contribution in [0.3, 0.4) is 0 Å². The fourth-order valence-electron chi connectivity index (χ4n) is 3.39. The zero-order valence-electron chi connectivity index (χ0n) is 13.5. The molecule has 1 amide bonds. The number of carbonyl (C=O) groups excluding carboxylic acids is 1. The lowest BCUT2D eigenvalue weighted by Crippen LogP contribution is -2.48. The molecule has 0 aliphatic carbocycles. The molecule has 21 heavy (non-hydrogen) atoms. The maximum absolute atomic E-state index is 11.8. The minimum absolute atomic E-state index is 0.116. The Hall–Kier alpha value is -1.36. The average Bonchev–Trinajstić information content (AvgIpc) is 2.98. The van der Waals surface area contributed by atoms with Gasteiger partial charge in [0.05, 0.1) is 18.3 Å². The van der Waals surface area contributed by atoms with Crippen LogP contribution in [-0.4, -0.2) is 39.2 Å². The van der Waals surface area contributed by atoms with E-state index in [0.29, 0.717) is 6.04 Å². The number of aromatic nitrogens is 2. The van der Waals surface area contributed by atoms with E-state index in [-0.39, 0.29) is 11.9 Å². The Kier molecular flexibility index (Phi) is 5.39. The number of rotatable bonds is 7. The zero-order valence-corrected chi connectivity index (χ0v) is 13.5. The van der Waals surface area contributed by atoms with Gasteiger partial charge in [0.2, 0.25) is 5.91 Å². The fourth-order valence-corrected chi connectivity index (χ4v) is 3.39. The highest BCUT2D eigenvalue weighted by molar-refractivity contribution is 5.79. The van der Waals surface area contributed by atoms with Crippen molar-refractivity contribution in [2.24, 2.45) is 5.73 Å². The van der Waals surface area contributed by atoms with Crippen LogP contribution in [0.15, 0.2) is 6.07 Å². The number of hydrogen-bond acceptors (Lipinski definition) is 3. The molecule has 5 heteroatoms. The molecule has 1 fully saturated rings. The van der Waals surface area contributed by atoms with Crippen LogP contribution >= 0.6 is 0 Å². The summed E-state index contributed by atoms with van der Waals surface area (Å²) in [6.45, 7) is 8.08. The maximum atomic E-state index is 11.8. The number of aryl methyl sites for hydroxylation is 2. The first kappa shape index (κ1) is 16.0. The highest BCUT2D eigenvalue weighted by Crippen LogP contribution is 2.24. The molecule has 2 rings (SSSR count). The summed E-state index contributed by atoms with van der Waals surface area (Å²) < 4.78 is 2.07. The summed E-state index contributed by atoms with van der Waals surface area (Å²) in [6.07, 6.45) is 5.28. The normalized spacial score (nSPS) is 20.8. The van der Waals surface area contributed by atoms with Gasteiger partial charge >= 0.3 is 0 Å². The quantitative estimate of drug-likeness (QED) is 0.836. The smallest absolute Gasteiger partial charge is 0.234 e. The van der Waals surface area contributed by atoms with Crippen LogP contribution < -0.4 is 5.73 Å². The number of unbranched alkanes of at least 4 members (excludes halogenated alkanes) is 1. The molecule has 0 radical (unpaired) electrons. The van der Waals surface area contributed by atoms with E-state index in [2.05, 4.69) is 34.6 Å². The third-order valence-corrected chi connectivity index (χ3v) is 4.47. The van der Waals surface area contributed by atoms with Gasteiger partial charge in [-0.3, -0.25) is 14.4 Å². The van der Waals surface area contributed by atoms with Crippen LogP contribution in [0.2, 0.25) is 0 Å². The summed E-state index contributed by atoms with van der Waals surface area (Å²) in [7, 11) is 0. The molecule has 1 aromatic rings. The molecule has 0 spiro atoms. The summed E-state index contributed by atoms with van der Waals surface area (Å²) >= 11 is 0. The number of nitrogens with zero attached hydrogens (tertiary/aromatic N) is 3. The number of primary amides is 1. The minimum Gasteiger partial charge on any atom is -0.368 e. The Morgan fingerprint density at radius 3 is 2.86 bits per heavy atom. The first-order valence-electron chi connectivity index (χ1n) is 8.09. The molecule has 1 aliphatic rings. The lowest BCUT2D eigenvalue weighted by molar-refractivity contribution is -0.124. The molecule has 118 valence electrons. The molecule has 1 aromatic heterocycles. The van der Waals surface area contributed by atoms with Crippen LogP contribution in [0.4, 0.5) is 0 Å². The molecule has 2 heterocycles. The van der Waals surface area contributed by atoms with Gasteiger partial charge < -0.3 is 5.73 Å². The van der Waals surface area contributed by atoms with E-state index in [1.54, 1.807) is 0 Å². The van der Waals surface area contributed by atoms with Gasteiger partial charge in [-0.1, -0.05) is 19.8 Å². The van der Waals surface area contributed by atoms with Crippen molar-refractivity contribution in [2.75, 3.05) is 6.54 Å². The molecule has 2 N–H and O–H groups in total. The van der Waals surface area contributed by atoms with E-state index >= 15 is 0 Å². The van der Waals surface area contributed by atoms with E-state index < -0.39 is 0 Å². The largest absolute Gasteiger partial charge is 0.368 e. The first-order valence-corrected chi connectivity index (χ1v) is 8.09. The molecule has 5 nitrogen and oxygen atoms in total. The van der Waals surface area contributed by atoms with Crippen LogP contribution in [0.25, 0.3) is 0 Å². The standard InChI is InChI=1S/C16H28N4O/c1-4-5-8-15(16(17)21)19-9-6-7-14(19)11-20-13(3)10-12(2)18-20/h10,14-15H,4-9,11H2,1-3H3,(H2,17,21). The van der Waals surface area contributed by atoms with Crippen LogP contribution in [-0.2, 0) is 11.3 Å². The summed E-state index contributed by atoms with van der Waals surface area (Å²) in [4.78, 5) is 14.1. The van der Waals surface area contributed by atoms with E-state index in [4.69, 9.17) is 5.73 Å². The Bertz CT molecular complexity index is 483. The summed E-state index contributed by atoms with van der Waals surface area (Å²) in [5.41, 5.74) is 7.88. The van der Waals surface area contributed by atoms with Crippen LogP contribution in [0, 0.1) is 13.8 Å². The molecular formula is C16H28N4O. The van der Waals surface area contributed by atoms with Gasteiger partial charge in [0.1, 0.15) is 0 Å². The Labute approximate surface area is 127 Å². The van der Waals surface area contributed by atoms with Gasteiger partial charge in [0, 0.05) is 11.7 Å². The highest BCUT2D eigenvalue weighted by Gasteiger charge is 2.33. The van der Waals surface area contributed by atoms with Crippen molar-refractivity contribution in [1.29, 1.82) is 0 Å². The van der Waals surface area contributed by atoms with E-state index in [1.165, 1.54) is 5.69 Å². The molecule has 0 aromatic carbocycles. The van der Waals surface area contributed by atoms with Crippen molar-refractivity contribution in [2.45, 2.75) is 71.5 Å². The van der Waals surface area contributed by atoms with Crippen molar-refractivity contribution in [3.05, 3.63) is 17.5 Å². The molecule has 2 unspecified atom stereocenters. The van der Waals surface area contributed by atoms with Gasteiger partial charge in [-0.25, -0.2) is 0 Å². The van der Waals surface area contributed by atoms with E-state index in [1.807, 2.05) is 6.92 Å². The number of carbonyl (C=O) groups is 1. The van der Waals surface area contributed by atoms with Crippen molar-refractivity contribution in [3.63, 3.8) is 0 Å². The number of amides is 1. The predicted octanol–water partition coefficient (Wildman–Crippen LogP) is 2.01. The van der Waals surface area contributed by atoms with Crippen LogP contribution in [0.1, 0.15) is 50.4 Å². The molecule has 0 saturated carbocycles. The third kappa shape index (κ3) is 3.84. The van der Waals surface area contributed by atoms with Crippen molar-refractivity contribution in [3.8, 4) is 0 Å². The van der Waals surface area contributed by atoms with Gasteiger partial charge in [-0.05, 0) is 45.7 Å². The highest BCUT2D eigenvalue weighted by atomic mass is 16.1. The fraction of sp³-hybridized carbons (Fsp3) is 0.750.